The van der Waals surface area contributed by atoms with E-state index in [1.54, 1.807) is 66.7 Å². The largest absolute Gasteiger partial charge is 0.492 e. The van der Waals surface area contributed by atoms with Gasteiger partial charge in [-0.2, -0.15) is 0 Å². The van der Waals surface area contributed by atoms with Gasteiger partial charge in [0.2, 0.25) is 0 Å². The van der Waals surface area contributed by atoms with Crippen LogP contribution >= 0.6 is 23.8 Å². The van der Waals surface area contributed by atoms with Crippen LogP contribution in [0.5, 0.6) is 5.75 Å². The summed E-state index contributed by atoms with van der Waals surface area (Å²) in [4.78, 5) is 25.6. The van der Waals surface area contributed by atoms with Crippen molar-refractivity contribution >= 4 is 52.1 Å². The van der Waals surface area contributed by atoms with Crippen molar-refractivity contribution < 1.29 is 14.3 Å². The van der Waals surface area contributed by atoms with E-state index in [-0.39, 0.29) is 11.0 Å². The minimum Gasteiger partial charge on any atom is -0.492 e. The molecule has 8 heteroatoms. The molecule has 6 nitrogen and oxygen atoms in total. The van der Waals surface area contributed by atoms with Crippen molar-refractivity contribution in [1.82, 2.24) is 5.32 Å². The molecule has 0 aliphatic heterocycles. The number of hydrogen-bond acceptors (Lipinski definition) is 4. The summed E-state index contributed by atoms with van der Waals surface area (Å²) < 4.78 is 5.88. The number of para-hydroxylation sites is 1. The Labute approximate surface area is 225 Å². The van der Waals surface area contributed by atoms with Gasteiger partial charge < -0.3 is 15.4 Å². The summed E-state index contributed by atoms with van der Waals surface area (Å²) in [5.74, 6) is -0.233. The van der Waals surface area contributed by atoms with Gasteiger partial charge in [-0.3, -0.25) is 14.9 Å². The normalized spacial score (nSPS) is 10.3. The molecule has 0 bridgehead atoms. The van der Waals surface area contributed by atoms with Crippen molar-refractivity contribution in [3.8, 4) is 5.75 Å². The molecule has 186 valence electrons. The first kappa shape index (κ1) is 25.9. The lowest BCUT2D eigenvalue weighted by Gasteiger charge is -2.14. The molecule has 0 atom stereocenters. The molecule has 0 saturated heterocycles. The average molecular weight is 530 g/mol. The molecule has 0 unspecified atom stereocenters. The Balaban J connectivity index is 1.34. The van der Waals surface area contributed by atoms with Crippen LogP contribution in [0.25, 0.3) is 0 Å². The molecule has 37 heavy (non-hydrogen) atoms. The third kappa shape index (κ3) is 7.64. The molecule has 0 fully saturated rings. The second-order valence-corrected chi connectivity index (χ2v) is 8.88. The molecule has 0 aromatic heterocycles. The van der Waals surface area contributed by atoms with Crippen molar-refractivity contribution in [1.29, 1.82) is 0 Å². The van der Waals surface area contributed by atoms with Crippen LogP contribution < -0.4 is 20.7 Å². The molecule has 4 aromatic rings. The topological polar surface area (TPSA) is 79.5 Å². The molecule has 0 spiro atoms. The van der Waals surface area contributed by atoms with Crippen LogP contribution in [0.2, 0.25) is 5.02 Å². The first-order valence-corrected chi connectivity index (χ1v) is 12.3. The number of halogens is 1. The highest BCUT2D eigenvalue weighted by atomic mass is 35.5. The van der Waals surface area contributed by atoms with Crippen molar-refractivity contribution in [2.75, 3.05) is 17.2 Å². The molecule has 0 aliphatic carbocycles. The Morgan fingerprint density at radius 2 is 1.46 bits per heavy atom. The molecule has 2 amide bonds. The van der Waals surface area contributed by atoms with Gasteiger partial charge in [-0.15, -0.1) is 0 Å². The molecule has 0 radical (unpaired) electrons. The number of anilines is 2. The third-order valence-electron chi connectivity index (χ3n) is 5.31. The van der Waals surface area contributed by atoms with Crippen LogP contribution in [0, 0.1) is 0 Å². The smallest absolute Gasteiger partial charge is 0.261 e. The summed E-state index contributed by atoms with van der Waals surface area (Å²) in [6.07, 6.45) is 0.720. The van der Waals surface area contributed by atoms with Crippen LogP contribution in [-0.2, 0) is 6.42 Å². The maximum Gasteiger partial charge on any atom is 0.261 e. The van der Waals surface area contributed by atoms with E-state index in [4.69, 9.17) is 28.6 Å². The van der Waals surface area contributed by atoms with E-state index in [0.29, 0.717) is 39.9 Å². The van der Waals surface area contributed by atoms with Gasteiger partial charge in [-0.05, 0) is 66.3 Å². The van der Waals surface area contributed by atoms with Gasteiger partial charge in [-0.25, -0.2) is 0 Å². The molecular weight excluding hydrogens is 506 g/mol. The van der Waals surface area contributed by atoms with Crippen LogP contribution in [0.4, 0.5) is 11.4 Å². The molecule has 4 aromatic carbocycles. The fraction of sp³-hybridized carbons (Fsp3) is 0.0690. The van der Waals surface area contributed by atoms with Gasteiger partial charge in [0.15, 0.2) is 5.11 Å². The van der Waals surface area contributed by atoms with Crippen LogP contribution in [0.1, 0.15) is 26.3 Å². The highest BCUT2D eigenvalue weighted by Crippen LogP contribution is 2.19. The number of ether oxygens (including phenoxy) is 1. The van der Waals surface area contributed by atoms with Crippen LogP contribution in [0.15, 0.2) is 103 Å². The monoisotopic (exact) mass is 529 g/mol. The first-order chi connectivity index (χ1) is 18.0. The van der Waals surface area contributed by atoms with E-state index >= 15 is 0 Å². The lowest BCUT2D eigenvalue weighted by atomic mass is 10.1. The lowest BCUT2D eigenvalue weighted by molar-refractivity contribution is 0.0972. The van der Waals surface area contributed by atoms with E-state index in [1.165, 1.54) is 0 Å². The summed E-state index contributed by atoms with van der Waals surface area (Å²) >= 11 is 11.3. The number of benzene rings is 4. The second kappa shape index (κ2) is 12.7. The predicted molar refractivity (Wildman–Crippen MR) is 152 cm³/mol. The highest BCUT2D eigenvalue weighted by molar-refractivity contribution is 7.80. The van der Waals surface area contributed by atoms with E-state index in [0.717, 1.165) is 12.0 Å². The average Bonchev–Trinajstić information content (AvgIpc) is 2.89. The van der Waals surface area contributed by atoms with Gasteiger partial charge in [-0.1, -0.05) is 66.2 Å². The Bertz CT molecular complexity index is 1410. The van der Waals surface area contributed by atoms with Gasteiger partial charge in [0.1, 0.15) is 5.75 Å². The lowest BCUT2D eigenvalue weighted by Crippen LogP contribution is -2.34. The SMILES string of the molecule is O=C(Nc1cccc(Cl)c1)c1cccc(NC(=S)NC(=O)c2ccccc2OCCc2ccccc2)c1. The Hall–Kier alpha value is -4.20. The summed E-state index contributed by atoms with van der Waals surface area (Å²) in [5.41, 5.74) is 3.07. The Morgan fingerprint density at radius 1 is 0.757 bits per heavy atom. The number of thiocarbonyl (C=S) groups is 1. The number of carbonyl (C=O) groups excluding carboxylic acids is 2. The minimum absolute atomic E-state index is 0.0940. The summed E-state index contributed by atoms with van der Waals surface area (Å²) in [6, 6.07) is 30.6. The number of amides is 2. The van der Waals surface area contributed by atoms with Gasteiger partial charge in [0, 0.05) is 28.4 Å². The molecule has 3 N–H and O–H groups in total. The van der Waals surface area contributed by atoms with Crippen molar-refractivity contribution in [3.63, 3.8) is 0 Å². The quantitative estimate of drug-likeness (QED) is 0.232. The predicted octanol–water partition coefficient (Wildman–Crippen LogP) is 6.34. The summed E-state index contributed by atoms with van der Waals surface area (Å²) in [7, 11) is 0. The zero-order valence-corrected chi connectivity index (χ0v) is 21.3. The van der Waals surface area contributed by atoms with E-state index in [2.05, 4.69) is 16.0 Å². The zero-order chi connectivity index (χ0) is 26.0. The Kier molecular flexibility index (Phi) is 8.86. The van der Waals surface area contributed by atoms with Crippen LogP contribution in [-0.4, -0.2) is 23.5 Å². The molecule has 4 rings (SSSR count). The van der Waals surface area contributed by atoms with Gasteiger partial charge >= 0.3 is 0 Å². The van der Waals surface area contributed by atoms with E-state index in [9.17, 15) is 9.59 Å². The van der Waals surface area contributed by atoms with Gasteiger partial charge in [0.05, 0.1) is 12.2 Å². The fourth-order valence-electron chi connectivity index (χ4n) is 3.54. The molecular formula is C29H24ClN3O3S. The standard InChI is InChI=1S/C29H24ClN3O3S/c30-22-11-7-13-24(19-22)31-27(34)21-10-6-12-23(18-21)32-29(37)33-28(35)25-14-4-5-15-26(25)36-17-16-20-8-2-1-3-9-20/h1-15,18-19H,16-17H2,(H,31,34)(H2,32,33,35,37). The molecule has 0 aliphatic rings. The van der Waals surface area contributed by atoms with Crippen molar-refractivity contribution in [2.24, 2.45) is 0 Å². The van der Waals surface area contributed by atoms with Gasteiger partial charge in [0.25, 0.3) is 11.8 Å². The van der Waals surface area contributed by atoms with E-state index < -0.39 is 5.91 Å². The number of rotatable bonds is 8. The number of carbonyl (C=O) groups is 2. The maximum absolute atomic E-state index is 12.9. The second-order valence-electron chi connectivity index (χ2n) is 8.03. The Morgan fingerprint density at radius 3 is 2.24 bits per heavy atom. The number of hydrogen-bond donors (Lipinski definition) is 3. The minimum atomic E-state index is -0.400. The molecule has 0 saturated carbocycles. The van der Waals surface area contributed by atoms with Crippen LogP contribution in [0.3, 0.4) is 0 Å². The number of nitrogens with one attached hydrogen (secondary N) is 3. The van der Waals surface area contributed by atoms with E-state index in [1.807, 2.05) is 36.4 Å². The summed E-state index contributed by atoms with van der Waals surface area (Å²) in [6.45, 7) is 0.432. The first-order valence-electron chi connectivity index (χ1n) is 11.5. The van der Waals surface area contributed by atoms with Crippen molar-refractivity contribution in [2.45, 2.75) is 6.42 Å². The fourth-order valence-corrected chi connectivity index (χ4v) is 3.94. The maximum atomic E-state index is 12.9. The highest BCUT2D eigenvalue weighted by Gasteiger charge is 2.14. The molecule has 0 heterocycles. The van der Waals surface area contributed by atoms with Crippen molar-refractivity contribution in [3.05, 3.63) is 125 Å². The summed E-state index contributed by atoms with van der Waals surface area (Å²) in [5, 5.41) is 9.05. The third-order valence-corrected chi connectivity index (χ3v) is 5.75. The zero-order valence-electron chi connectivity index (χ0n) is 19.7.